The van der Waals surface area contributed by atoms with Gasteiger partial charge in [0.15, 0.2) is 0 Å². The number of aliphatic hydroxyl groups is 1. The number of fused-ring (bicyclic) bond motifs is 1. The molecule has 0 amide bonds. The van der Waals surface area contributed by atoms with Gasteiger partial charge in [0.05, 0.1) is 11.6 Å². The third-order valence-corrected chi connectivity index (χ3v) is 3.46. The maximum Gasteiger partial charge on any atom is 0.0868 e. The van der Waals surface area contributed by atoms with Crippen molar-refractivity contribution in [1.82, 2.24) is 0 Å². The van der Waals surface area contributed by atoms with Crippen molar-refractivity contribution in [3.8, 4) is 0 Å². The Labute approximate surface area is 90.9 Å². The summed E-state index contributed by atoms with van der Waals surface area (Å²) in [5.41, 5.74) is 7.63. The van der Waals surface area contributed by atoms with Crippen molar-refractivity contribution in [3.63, 3.8) is 0 Å². The van der Waals surface area contributed by atoms with Crippen LogP contribution in [0.1, 0.15) is 11.1 Å². The Bertz CT molecular complexity index is 466. The van der Waals surface area contributed by atoms with Gasteiger partial charge < -0.3 is 10.8 Å². The normalized spacial score (nSPS) is 11.0. The molecule has 0 bridgehead atoms. The van der Waals surface area contributed by atoms with E-state index in [1.807, 2.05) is 18.2 Å². The zero-order chi connectivity index (χ0) is 10.1. The quantitative estimate of drug-likeness (QED) is 0.775. The predicted octanol–water partition coefficient (Wildman–Crippen LogP) is 2.71. The lowest BCUT2D eigenvalue weighted by molar-refractivity contribution is 0.283. The fraction of sp³-hybridized carbons (Fsp3) is 0.200. The SMILES string of the molecule is Nc1cc2cc(CCl)cc(CO)c2s1. The summed E-state index contributed by atoms with van der Waals surface area (Å²) in [4.78, 5) is 0. The minimum atomic E-state index is 0.0290. The lowest BCUT2D eigenvalue weighted by Gasteiger charge is -2.01. The van der Waals surface area contributed by atoms with E-state index in [-0.39, 0.29) is 6.61 Å². The van der Waals surface area contributed by atoms with Crippen molar-refractivity contribution in [1.29, 1.82) is 0 Å². The summed E-state index contributed by atoms with van der Waals surface area (Å²) < 4.78 is 1.05. The second kappa shape index (κ2) is 3.77. The smallest absolute Gasteiger partial charge is 0.0868 e. The summed E-state index contributed by atoms with van der Waals surface area (Å²) in [6.45, 7) is 0.0290. The molecule has 0 aliphatic heterocycles. The van der Waals surface area contributed by atoms with Gasteiger partial charge in [-0.25, -0.2) is 0 Å². The van der Waals surface area contributed by atoms with E-state index < -0.39 is 0 Å². The molecule has 74 valence electrons. The highest BCUT2D eigenvalue weighted by atomic mass is 35.5. The van der Waals surface area contributed by atoms with E-state index >= 15 is 0 Å². The Morgan fingerprint density at radius 1 is 1.36 bits per heavy atom. The van der Waals surface area contributed by atoms with E-state index in [2.05, 4.69) is 0 Å². The maximum absolute atomic E-state index is 9.19. The number of aliphatic hydroxyl groups excluding tert-OH is 1. The number of alkyl halides is 1. The Morgan fingerprint density at radius 3 is 2.79 bits per heavy atom. The lowest BCUT2D eigenvalue weighted by atomic mass is 10.1. The van der Waals surface area contributed by atoms with Crippen molar-refractivity contribution >= 4 is 38.0 Å². The Morgan fingerprint density at radius 2 is 2.14 bits per heavy atom. The topological polar surface area (TPSA) is 46.2 Å². The second-order valence-corrected chi connectivity index (χ2v) is 4.46. The Hall–Kier alpha value is -0.770. The zero-order valence-corrected chi connectivity index (χ0v) is 9.03. The van der Waals surface area contributed by atoms with Crippen molar-refractivity contribution in [3.05, 3.63) is 29.3 Å². The van der Waals surface area contributed by atoms with Crippen LogP contribution in [0.15, 0.2) is 18.2 Å². The summed E-state index contributed by atoms with van der Waals surface area (Å²) in [7, 11) is 0. The average molecular weight is 228 g/mol. The second-order valence-electron chi connectivity index (χ2n) is 3.11. The zero-order valence-electron chi connectivity index (χ0n) is 7.46. The predicted molar refractivity (Wildman–Crippen MR) is 61.7 cm³/mol. The Kier molecular flexibility index (Phi) is 2.63. The van der Waals surface area contributed by atoms with Crippen LogP contribution in [-0.4, -0.2) is 5.11 Å². The highest BCUT2D eigenvalue weighted by molar-refractivity contribution is 7.22. The Balaban J connectivity index is 2.72. The summed E-state index contributed by atoms with van der Waals surface area (Å²) in [5.74, 6) is 0.457. The fourth-order valence-corrected chi connectivity index (χ4v) is 2.57. The molecular formula is C10H10ClNOS. The van der Waals surface area contributed by atoms with Gasteiger partial charge in [-0.05, 0) is 28.6 Å². The summed E-state index contributed by atoms with van der Waals surface area (Å²) in [6.07, 6.45) is 0. The van der Waals surface area contributed by atoms with Crippen LogP contribution in [-0.2, 0) is 12.5 Å². The van der Waals surface area contributed by atoms with Gasteiger partial charge in [0, 0.05) is 10.6 Å². The summed E-state index contributed by atoms with van der Waals surface area (Å²) in [6, 6.07) is 5.84. The molecule has 0 saturated carbocycles. The summed E-state index contributed by atoms with van der Waals surface area (Å²) in [5, 5.41) is 11.0. The molecule has 0 fully saturated rings. The summed E-state index contributed by atoms with van der Waals surface area (Å²) >= 11 is 7.25. The van der Waals surface area contributed by atoms with E-state index in [9.17, 15) is 5.11 Å². The monoisotopic (exact) mass is 227 g/mol. The number of rotatable bonds is 2. The molecule has 4 heteroatoms. The molecule has 0 saturated heterocycles. The molecule has 2 nitrogen and oxygen atoms in total. The van der Waals surface area contributed by atoms with E-state index in [0.717, 1.165) is 26.2 Å². The minimum Gasteiger partial charge on any atom is -0.392 e. The first-order valence-corrected chi connectivity index (χ1v) is 5.57. The number of hydrogen-bond donors (Lipinski definition) is 2. The highest BCUT2D eigenvalue weighted by Crippen LogP contribution is 2.32. The minimum absolute atomic E-state index is 0.0290. The number of hydrogen-bond acceptors (Lipinski definition) is 3. The van der Waals surface area contributed by atoms with Crippen LogP contribution in [0, 0.1) is 0 Å². The molecule has 0 aliphatic rings. The third kappa shape index (κ3) is 1.59. The molecule has 3 N–H and O–H groups in total. The number of benzene rings is 1. The molecule has 0 atom stereocenters. The number of nitrogen functional groups attached to an aromatic ring is 1. The standard InChI is InChI=1S/C10H10ClNOS/c11-4-6-1-7-3-9(12)14-10(7)8(2-6)5-13/h1-3,13H,4-5,12H2. The first-order chi connectivity index (χ1) is 6.74. The van der Waals surface area contributed by atoms with Crippen LogP contribution < -0.4 is 5.73 Å². The van der Waals surface area contributed by atoms with E-state index in [0.29, 0.717) is 5.88 Å². The molecule has 0 spiro atoms. The average Bonchev–Trinajstić information content (AvgIpc) is 2.56. The van der Waals surface area contributed by atoms with Gasteiger partial charge in [0.2, 0.25) is 0 Å². The van der Waals surface area contributed by atoms with Gasteiger partial charge in [-0.3, -0.25) is 0 Å². The van der Waals surface area contributed by atoms with Gasteiger partial charge in [-0.2, -0.15) is 0 Å². The molecule has 0 radical (unpaired) electrons. The molecule has 1 aromatic carbocycles. The number of halogens is 1. The molecule has 14 heavy (non-hydrogen) atoms. The maximum atomic E-state index is 9.19. The van der Waals surface area contributed by atoms with Gasteiger partial charge >= 0.3 is 0 Å². The van der Waals surface area contributed by atoms with E-state index in [1.54, 1.807) is 0 Å². The van der Waals surface area contributed by atoms with Crippen LogP contribution in [0.4, 0.5) is 5.00 Å². The van der Waals surface area contributed by atoms with E-state index in [1.165, 1.54) is 11.3 Å². The van der Waals surface area contributed by atoms with Crippen LogP contribution in [0.5, 0.6) is 0 Å². The van der Waals surface area contributed by atoms with Gasteiger partial charge in [0.25, 0.3) is 0 Å². The molecule has 1 aromatic heterocycles. The first-order valence-electron chi connectivity index (χ1n) is 4.22. The lowest BCUT2D eigenvalue weighted by Crippen LogP contribution is -1.86. The van der Waals surface area contributed by atoms with Crippen LogP contribution >= 0.6 is 22.9 Å². The van der Waals surface area contributed by atoms with E-state index in [4.69, 9.17) is 17.3 Å². The molecular weight excluding hydrogens is 218 g/mol. The van der Waals surface area contributed by atoms with Gasteiger partial charge in [0.1, 0.15) is 0 Å². The number of anilines is 1. The first kappa shape index (κ1) is 9.77. The molecule has 2 rings (SSSR count). The van der Waals surface area contributed by atoms with Gasteiger partial charge in [-0.15, -0.1) is 22.9 Å². The van der Waals surface area contributed by atoms with Crippen molar-refractivity contribution < 1.29 is 5.11 Å². The number of nitrogens with two attached hydrogens (primary N) is 1. The highest BCUT2D eigenvalue weighted by Gasteiger charge is 2.06. The molecule has 0 unspecified atom stereocenters. The van der Waals surface area contributed by atoms with Crippen molar-refractivity contribution in [2.75, 3.05) is 5.73 Å². The molecule has 0 aliphatic carbocycles. The fourth-order valence-electron chi connectivity index (χ4n) is 1.51. The van der Waals surface area contributed by atoms with Gasteiger partial charge in [-0.1, -0.05) is 6.07 Å². The third-order valence-electron chi connectivity index (χ3n) is 2.10. The largest absolute Gasteiger partial charge is 0.392 e. The molecule has 2 aromatic rings. The van der Waals surface area contributed by atoms with Crippen LogP contribution in [0.3, 0.4) is 0 Å². The van der Waals surface area contributed by atoms with Crippen LogP contribution in [0.2, 0.25) is 0 Å². The van der Waals surface area contributed by atoms with Crippen molar-refractivity contribution in [2.45, 2.75) is 12.5 Å². The van der Waals surface area contributed by atoms with Crippen LogP contribution in [0.25, 0.3) is 10.1 Å². The number of thiophene rings is 1. The van der Waals surface area contributed by atoms with Crippen molar-refractivity contribution in [2.24, 2.45) is 0 Å². The molecule has 1 heterocycles.